The zero-order valence-electron chi connectivity index (χ0n) is 12.2. The highest BCUT2D eigenvalue weighted by atomic mass is 16.5. The summed E-state index contributed by atoms with van der Waals surface area (Å²) in [6.45, 7) is 4.66. The number of nitrogens with two attached hydrogens (primary N) is 1. The summed E-state index contributed by atoms with van der Waals surface area (Å²) in [5, 5.41) is 3.22. The number of hydrogen-bond donors (Lipinski definition) is 2. The van der Waals surface area contributed by atoms with Gasteiger partial charge in [-0.3, -0.25) is 4.98 Å². The Morgan fingerprint density at radius 2 is 2.19 bits per heavy atom. The Hall–Kier alpha value is -2.56. The van der Waals surface area contributed by atoms with Crippen molar-refractivity contribution in [2.24, 2.45) is 0 Å². The number of carbonyl (C=O) groups excluding carboxylic acids is 1. The number of ether oxygens (including phenoxy) is 1. The van der Waals surface area contributed by atoms with Gasteiger partial charge in [-0.25, -0.2) is 4.79 Å². The number of nitrogens with zero attached hydrogens (tertiary/aromatic N) is 1. The summed E-state index contributed by atoms with van der Waals surface area (Å²) in [4.78, 5) is 16.0. The van der Waals surface area contributed by atoms with Gasteiger partial charge in [0.1, 0.15) is 0 Å². The fourth-order valence-electron chi connectivity index (χ4n) is 2.03. The maximum absolute atomic E-state index is 12.0. The first-order chi connectivity index (χ1) is 10.1. The van der Waals surface area contributed by atoms with E-state index >= 15 is 0 Å². The average molecular weight is 285 g/mol. The molecule has 5 nitrogen and oxygen atoms in total. The number of hydrogen-bond acceptors (Lipinski definition) is 5. The van der Waals surface area contributed by atoms with Crippen molar-refractivity contribution < 1.29 is 9.53 Å². The van der Waals surface area contributed by atoms with E-state index in [0.717, 1.165) is 11.1 Å². The van der Waals surface area contributed by atoms with Crippen molar-refractivity contribution in [1.82, 2.24) is 4.98 Å². The molecule has 0 spiro atoms. The SMILES string of the molecule is CCOC(=O)c1cccc(N)c1NCc1ccncc1C. The van der Waals surface area contributed by atoms with E-state index in [2.05, 4.69) is 10.3 Å². The molecule has 0 atom stereocenters. The summed E-state index contributed by atoms with van der Waals surface area (Å²) in [7, 11) is 0. The molecular weight excluding hydrogens is 266 g/mol. The molecule has 0 amide bonds. The van der Waals surface area contributed by atoms with Gasteiger partial charge in [0.2, 0.25) is 0 Å². The van der Waals surface area contributed by atoms with Crippen molar-refractivity contribution >= 4 is 17.3 Å². The quantitative estimate of drug-likeness (QED) is 0.652. The van der Waals surface area contributed by atoms with Crippen LogP contribution in [0.2, 0.25) is 0 Å². The van der Waals surface area contributed by atoms with Crippen molar-refractivity contribution in [2.75, 3.05) is 17.7 Å². The second kappa shape index (κ2) is 6.74. The molecule has 21 heavy (non-hydrogen) atoms. The molecule has 3 N–H and O–H groups in total. The lowest BCUT2D eigenvalue weighted by atomic mass is 10.1. The smallest absolute Gasteiger partial charge is 0.340 e. The predicted octanol–water partition coefficient (Wildman–Crippen LogP) is 2.76. The molecule has 0 saturated carbocycles. The van der Waals surface area contributed by atoms with Crippen molar-refractivity contribution in [3.8, 4) is 0 Å². The van der Waals surface area contributed by atoms with Crippen molar-refractivity contribution in [3.05, 3.63) is 53.3 Å². The van der Waals surface area contributed by atoms with E-state index in [-0.39, 0.29) is 5.97 Å². The minimum absolute atomic E-state index is 0.330. The zero-order valence-corrected chi connectivity index (χ0v) is 12.2. The molecule has 2 rings (SSSR count). The average Bonchev–Trinajstić information content (AvgIpc) is 2.47. The van der Waals surface area contributed by atoms with Crippen LogP contribution < -0.4 is 11.1 Å². The molecular formula is C16H19N3O2. The van der Waals surface area contributed by atoms with Crippen LogP contribution in [0.1, 0.15) is 28.4 Å². The Bertz CT molecular complexity index is 641. The number of nitrogen functional groups attached to an aromatic ring is 1. The van der Waals surface area contributed by atoms with Gasteiger partial charge in [-0.1, -0.05) is 6.07 Å². The minimum atomic E-state index is -0.376. The van der Waals surface area contributed by atoms with Gasteiger partial charge in [0.15, 0.2) is 0 Å². The first-order valence-electron chi connectivity index (χ1n) is 6.82. The lowest BCUT2D eigenvalue weighted by molar-refractivity contribution is 0.0527. The number of para-hydroxylation sites is 1. The summed E-state index contributed by atoms with van der Waals surface area (Å²) in [6.07, 6.45) is 3.54. The second-order valence-corrected chi connectivity index (χ2v) is 4.65. The van der Waals surface area contributed by atoms with Gasteiger partial charge in [-0.2, -0.15) is 0 Å². The van der Waals surface area contributed by atoms with Crippen LogP contribution in [0.15, 0.2) is 36.7 Å². The number of rotatable bonds is 5. The van der Waals surface area contributed by atoms with Crippen molar-refractivity contribution in [2.45, 2.75) is 20.4 Å². The van der Waals surface area contributed by atoms with E-state index in [0.29, 0.717) is 30.1 Å². The molecule has 0 aliphatic carbocycles. The first-order valence-corrected chi connectivity index (χ1v) is 6.82. The Morgan fingerprint density at radius 1 is 1.38 bits per heavy atom. The number of esters is 1. The maximum atomic E-state index is 12.0. The van der Waals surface area contributed by atoms with Crippen LogP contribution in [0.5, 0.6) is 0 Å². The summed E-state index contributed by atoms with van der Waals surface area (Å²) >= 11 is 0. The van der Waals surface area contributed by atoms with E-state index < -0.39 is 0 Å². The van der Waals surface area contributed by atoms with Gasteiger partial charge in [-0.15, -0.1) is 0 Å². The fourth-order valence-corrected chi connectivity index (χ4v) is 2.03. The standard InChI is InChI=1S/C16H19N3O2/c1-3-21-16(20)13-5-4-6-14(17)15(13)19-10-12-7-8-18-9-11(12)2/h4-9,19H,3,10,17H2,1-2H3. The second-order valence-electron chi connectivity index (χ2n) is 4.65. The molecule has 0 fully saturated rings. The molecule has 1 aromatic carbocycles. The fraction of sp³-hybridized carbons (Fsp3) is 0.250. The Kier molecular flexibility index (Phi) is 4.77. The van der Waals surface area contributed by atoms with Crippen LogP contribution in [0.3, 0.4) is 0 Å². The van der Waals surface area contributed by atoms with Gasteiger partial charge < -0.3 is 15.8 Å². The third kappa shape index (κ3) is 3.51. The van der Waals surface area contributed by atoms with Crippen LogP contribution in [0.25, 0.3) is 0 Å². The topological polar surface area (TPSA) is 77.2 Å². The predicted molar refractivity (Wildman–Crippen MR) is 83.1 cm³/mol. The minimum Gasteiger partial charge on any atom is -0.462 e. The number of nitrogens with one attached hydrogen (secondary N) is 1. The Morgan fingerprint density at radius 3 is 2.90 bits per heavy atom. The van der Waals surface area contributed by atoms with Crippen molar-refractivity contribution in [3.63, 3.8) is 0 Å². The maximum Gasteiger partial charge on any atom is 0.340 e. The largest absolute Gasteiger partial charge is 0.462 e. The zero-order chi connectivity index (χ0) is 15.2. The number of carbonyl (C=O) groups is 1. The lowest BCUT2D eigenvalue weighted by Gasteiger charge is -2.14. The van der Waals surface area contributed by atoms with E-state index in [9.17, 15) is 4.79 Å². The van der Waals surface area contributed by atoms with Crippen LogP contribution in [0.4, 0.5) is 11.4 Å². The van der Waals surface area contributed by atoms with Crippen LogP contribution in [0, 0.1) is 6.92 Å². The summed E-state index contributed by atoms with van der Waals surface area (Å²) in [5.41, 5.74) is 9.73. The summed E-state index contributed by atoms with van der Waals surface area (Å²) < 4.78 is 5.05. The third-order valence-corrected chi connectivity index (χ3v) is 3.18. The molecule has 0 aliphatic rings. The Balaban J connectivity index is 2.23. The van der Waals surface area contributed by atoms with Gasteiger partial charge in [-0.05, 0) is 43.2 Å². The molecule has 0 radical (unpaired) electrons. The number of anilines is 2. The molecule has 110 valence electrons. The number of pyridine rings is 1. The lowest BCUT2D eigenvalue weighted by Crippen LogP contribution is -2.12. The Labute approximate surface area is 124 Å². The van der Waals surface area contributed by atoms with Gasteiger partial charge in [0, 0.05) is 18.9 Å². The van der Waals surface area contributed by atoms with Crippen molar-refractivity contribution in [1.29, 1.82) is 0 Å². The summed E-state index contributed by atoms with van der Waals surface area (Å²) in [5.74, 6) is -0.376. The third-order valence-electron chi connectivity index (χ3n) is 3.18. The monoisotopic (exact) mass is 285 g/mol. The molecule has 1 heterocycles. The van der Waals surface area contributed by atoms with E-state index in [4.69, 9.17) is 10.5 Å². The molecule has 0 bridgehead atoms. The first kappa shape index (κ1) is 14.8. The number of aryl methyl sites for hydroxylation is 1. The number of aromatic nitrogens is 1. The molecule has 1 aromatic heterocycles. The van der Waals surface area contributed by atoms with Gasteiger partial charge in [0.25, 0.3) is 0 Å². The molecule has 2 aromatic rings. The van der Waals surface area contributed by atoms with Crippen LogP contribution in [-0.4, -0.2) is 17.6 Å². The van der Waals surface area contributed by atoms with E-state index in [1.165, 1.54) is 0 Å². The highest BCUT2D eigenvalue weighted by Gasteiger charge is 2.14. The number of benzene rings is 1. The molecule has 5 heteroatoms. The van der Waals surface area contributed by atoms with E-state index in [1.54, 1.807) is 37.5 Å². The van der Waals surface area contributed by atoms with Gasteiger partial charge >= 0.3 is 5.97 Å². The van der Waals surface area contributed by atoms with E-state index in [1.807, 2.05) is 13.0 Å². The van der Waals surface area contributed by atoms with Gasteiger partial charge in [0.05, 0.1) is 23.5 Å². The normalized spacial score (nSPS) is 10.2. The molecule has 0 unspecified atom stereocenters. The van der Waals surface area contributed by atoms with Crippen LogP contribution in [-0.2, 0) is 11.3 Å². The molecule has 0 aliphatic heterocycles. The molecule has 0 saturated heterocycles. The summed E-state index contributed by atoms with van der Waals surface area (Å²) in [6, 6.07) is 7.14. The highest BCUT2D eigenvalue weighted by molar-refractivity contribution is 5.98. The van der Waals surface area contributed by atoms with Crippen LogP contribution >= 0.6 is 0 Å². The highest BCUT2D eigenvalue weighted by Crippen LogP contribution is 2.25.